The van der Waals surface area contributed by atoms with Crippen LogP contribution in [0, 0.1) is 0 Å². The predicted octanol–water partition coefficient (Wildman–Crippen LogP) is 0.648. The fourth-order valence-corrected chi connectivity index (χ4v) is 1.44. The molecular weight excluding hydrogens is 182 g/mol. The molecule has 2 atom stereocenters. The molecule has 1 aliphatic rings. The molecule has 0 radical (unpaired) electrons. The minimum Gasteiger partial charge on any atom is -0.459 e. The molecule has 80 valence electrons. The molecule has 0 amide bonds. The number of hydrogen-bond donors (Lipinski definition) is 1. The van der Waals surface area contributed by atoms with Gasteiger partial charge in [-0.05, 0) is 33.6 Å². The fraction of sp³-hybridized carbons (Fsp3) is 0.800. The largest absolute Gasteiger partial charge is 0.459 e. The van der Waals surface area contributed by atoms with Gasteiger partial charge >= 0.3 is 5.97 Å². The lowest BCUT2D eigenvalue weighted by atomic mass is 10.1. The van der Waals surface area contributed by atoms with Gasteiger partial charge in [0.1, 0.15) is 17.9 Å². The van der Waals surface area contributed by atoms with Crippen molar-refractivity contribution in [2.45, 2.75) is 51.3 Å². The first-order valence-electron chi connectivity index (χ1n) is 4.86. The van der Waals surface area contributed by atoms with Gasteiger partial charge in [0.2, 0.25) is 0 Å². The minimum absolute atomic E-state index is 0.187. The molecule has 0 bridgehead atoms. The maximum Gasteiger partial charge on any atom is 0.323 e. The molecule has 1 unspecified atom stereocenters. The van der Waals surface area contributed by atoms with Gasteiger partial charge in [-0.2, -0.15) is 0 Å². The normalized spacial score (nSPS) is 27.4. The Bertz CT molecular complexity index is 232. The maximum atomic E-state index is 11.5. The fourth-order valence-electron chi connectivity index (χ4n) is 1.44. The lowest BCUT2D eigenvalue weighted by Crippen LogP contribution is -2.40. The van der Waals surface area contributed by atoms with E-state index >= 15 is 0 Å². The predicted molar refractivity (Wildman–Crippen MR) is 51.9 cm³/mol. The van der Waals surface area contributed by atoms with Crippen LogP contribution in [0.25, 0.3) is 0 Å². The number of esters is 1. The van der Waals surface area contributed by atoms with Gasteiger partial charge < -0.3 is 9.53 Å². The Balaban J connectivity index is 2.43. The van der Waals surface area contributed by atoms with Gasteiger partial charge in [0.15, 0.2) is 0 Å². The third-order valence-corrected chi connectivity index (χ3v) is 2.04. The summed E-state index contributed by atoms with van der Waals surface area (Å²) in [4.78, 5) is 22.0. The summed E-state index contributed by atoms with van der Waals surface area (Å²) < 4.78 is 5.20. The molecule has 1 N–H and O–H groups in total. The molecular formula is C10H17NO3. The van der Waals surface area contributed by atoms with E-state index in [1.807, 2.05) is 20.8 Å². The summed E-state index contributed by atoms with van der Waals surface area (Å²) in [6.45, 7) is 5.49. The van der Waals surface area contributed by atoms with Crippen LogP contribution in [0.4, 0.5) is 0 Å². The van der Waals surface area contributed by atoms with E-state index in [4.69, 9.17) is 4.74 Å². The second-order valence-corrected chi connectivity index (χ2v) is 4.57. The molecule has 4 nitrogen and oxygen atoms in total. The van der Waals surface area contributed by atoms with Gasteiger partial charge in [0.05, 0.1) is 6.04 Å². The van der Waals surface area contributed by atoms with E-state index in [0.29, 0.717) is 12.8 Å². The molecule has 0 aromatic heterocycles. The van der Waals surface area contributed by atoms with Crippen molar-refractivity contribution in [3.05, 3.63) is 0 Å². The average Bonchev–Trinajstić information content (AvgIpc) is 2.48. The van der Waals surface area contributed by atoms with Crippen molar-refractivity contribution < 1.29 is 14.3 Å². The number of ether oxygens (including phenoxy) is 1. The van der Waals surface area contributed by atoms with Gasteiger partial charge in [-0.15, -0.1) is 0 Å². The monoisotopic (exact) mass is 199 g/mol. The van der Waals surface area contributed by atoms with Crippen LogP contribution in [0.5, 0.6) is 0 Å². The second-order valence-electron chi connectivity index (χ2n) is 4.57. The molecule has 1 saturated heterocycles. The van der Waals surface area contributed by atoms with Crippen LogP contribution in [0.15, 0.2) is 0 Å². The lowest BCUT2D eigenvalue weighted by Gasteiger charge is -2.22. The highest BCUT2D eigenvalue weighted by molar-refractivity contribution is 5.77. The average molecular weight is 199 g/mol. The Morgan fingerprint density at radius 2 is 2.07 bits per heavy atom. The van der Waals surface area contributed by atoms with Gasteiger partial charge in [-0.3, -0.25) is 10.1 Å². The molecule has 1 aliphatic heterocycles. The van der Waals surface area contributed by atoms with E-state index in [2.05, 4.69) is 5.32 Å². The summed E-state index contributed by atoms with van der Waals surface area (Å²) in [5, 5.41) is 2.92. The first kappa shape index (κ1) is 11.2. The van der Waals surface area contributed by atoms with E-state index in [-0.39, 0.29) is 18.1 Å². The maximum absolute atomic E-state index is 11.5. The van der Waals surface area contributed by atoms with Gasteiger partial charge in [-0.25, -0.2) is 0 Å². The lowest BCUT2D eigenvalue weighted by molar-refractivity contribution is -0.157. The van der Waals surface area contributed by atoms with Crippen molar-refractivity contribution in [2.24, 2.45) is 0 Å². The Morgan fingerprint density at radius 1 is 1.43 bits per heavy atom. The number of rotatable bonds is 2. The van der Waals surface area contributed by atoms with Gasteiger partial charge in [-0.1, -0.05) is 0 Å². The van der Waals surface area contributed by atoms with Gasteiger partial charge in [0.25, 0.3) is 0 Å². The number of nitrogens with one attached hydrogen (secondary N) is 1. The zero-order valence-electron chi connectivity index (χ0n) is 8.87. The van der Waals surface area contributed by atoms with Crippen molar-refractivity contribution in [1.82, 2.24) is 5.32 Å². The summed E-state index contributed by atoms with van der Waals surface area (Å²) in [5.74, 6) is -0.262. The Kier molecular flexibility index (Phi) is 3.26. The van der Waals surface area contributed by atoms with E-state index < -0.39 is 5.60 Å². The summed E-state index contributed by atoms with van der Waals surface area (Å²) >= 11 is 0. The van der Waals surface area contributed by atoms with Crippen molar-refractivity contribution in [2.75, 3.05) is 0 Å². The zero-order valence-corrected chi connectivity index (χ0v) is 8.87. The molecule has 1 heterocycles. The molecule has 1 rings (SSSR count). The van der Waals surface area contributed by atoms with Crippen molar-refractivity contribution in [3.8, 4) is 0 Å². The molecule has 0 saturated carbocycles. The van der Waals surface area contributed by atoms with Crippen LogP contribution in [0.2, 0.25) is 0 Å². The first-order chi connectivity index (χ1) is 6.42. The molecule has 4 heteroatoms. The number of aldehydes is 1. The standard InChI is InChI=1S/C10H17NO3/c1-10(2,3)14-9(13)8-5-4-7(6-12)11-8/h6-8,11H,4-5H2,1-3H3/t7-,8?/m0/s1. The summed E-state index contributed by atoms with van der Waals surface area (Å²) in [5.41, 5.74) is -0.460. The highest BCUT2D eigenvalue weighted by Crippen LogP contribution is 2.15. The van der Waals surface area contributed by atoms with Crippen molar-refractivity contribution >= 4 is 12.3 Å². The topological polar surface area (TPSA) is 55.4 Å². The van der Waals surface area contributed by atoms with Gasteiger partial charge in [0, 0.05) is 0 Å². The Hall–Kier alpha value is -0.900. The smallest absolute Gasteiger partial charge is 0.323 e. The molecule has 0 spiro atoms. The molecule has 0 aliphatic carbocycles. The summed E-state index contributed by atoms with van der Waals surface area (Å²) in [7, 11) is 0. The minimum atomic E-state index is -0.460. The van der Waals surface area contributed by atoms with Crippen LogP contribution in [-0.2, 0) is 14.3 Å². The quantitative estimate of drug-likeness (QED) is 0.524. The van der Waals surface area contributed by atoms with Crippen LogP contribution in [0.1, 0.15) is 33.6 Å². The molecule has 1 fully saturated rings. The third-order valence-electron chi connectivity index (χ3n) is 2.04. The van der Waals surface area contributed by atoms with E-state index in [0.717, 1.165) is 6.29 Å². The number of hydrogen-bond acceptors (Lipinski definition) is 4. The summed E-state index contributed by atoms with van der Waals surface area (Å²) in [6.07, 6.45) is 2.23. The van der Waals surface area contributed by atoms with E-state index in [1.165, 1.54) is 0 Å². The van der Waals surface area contributed by atoms with E-state index in [9.17, 15) is 9.59 Å². The van der Waals surface area contributed by atoms with Crippen LogP contribution >= 0.6 is 0 Å². The Morgan fingerprint density at radius 3 is 2.50 bits per heavy atom. The third kappa shape index (κ3) is 3.10. The van der Waals surface area contributed by atoms with E-state index in [1.54, 1.807) is 0 Å². The van der Waals surface area contributed by atoms with Crippen LogP contribution in [0.3, 0.4) is 0 Å². The number of carbonyl (C=O) groups is 2. The first-order valence-corrected chi connectivity index (χ1v) is 4.86. The highest BCUT2D eigenvalue weighted by Gasteiger charge is 2.31. The van der Waals surface area contributed by atoms with Crippen molar-refractivity contribution in [1.29, 1.82) is 0 Å². The zero-order chi connectivity index (χ0) is 10.8. The summed E-state index contributed by atoms with van der Waals surface area (Å²) in [6, 6.07) is -0.503. The second kappa shape index (κ2) is 4.09. The van der Waals surface area contributed by atoms with Crippen LogP contribution < -0.4 is 5.32 Å². The van der Waals surface area contributed by atoms with Crippen molar-refractivity contribution in [3.63, 3.8) is 0 Å². The number of carbonyl (C=O) groups excluding carboxylic acids is 2. The molecule has 0 aromatic rings. The van der Waals surface area contributed by atoms with Crippen LogP contribution in [-0.4, -0.2) is 29.9 Å². The molecule has 14 heavy (non-hydrogen) atoms. The SMILES string of the molecule is CC(C)(C)OC(=O)C1CC[C@@H](C=O)N1. The highest BCUT2D eigenvalue weighted by atomic mass is 16.6. The molecule has 0 aromatic carbocycles. The Labute approximate surface area is 84.0 Å².